The predicted molar refractivity (Wildman–Crippen MR) is 111 cm³/mol. The smallest absolute Gasteiger partial charge is 0.417 e. The number of hydrogen-bond donors (Lipinski definition) is 0. The molecule has 158 valence electrons. The molecule has 0 bridgehead atoms. The van der Waals surface area contributed by atoms with Crippen LogP contribution in [0.5, 0.6) is 11.6 Å². The average Bonchev–Trinajstić information content (AvgIpc) is 3.16. The number of benzene rings is 2. The molecule has 0 atom stereocenters. The van der Waals surface area contributed by atoms with E-state index in [1.54, 1.807) is 54.5 Å². The molecule has 5 nitrogen and oxygen atoms in total. The Morgan fingerprint density at radius 2 is 1.71 bits per heavy atom. The van der Waals surface area contributed by atoms with E-state index in [1.807, 2.05) is 0 Å². The van der Waals surface area contributed by atoms with E-state index in [-0.39, 0.29) is 16.7 Å². The van der Waals surface area contributed by atoms with Crippen LogP contribution in [0.15, 0.2) is 61.1 Å². The predicted octanol–water partition coefficient (Wildman–Crippen LogP) is 6.66. The first-order valence-corrected chi connectivity index (χ1v) is 9.63. The molecular weight excluding hydrogens is 452 g/mol. The van der Waals surface area contributed by atoms with Crippen molar-refractivity contribution in [3.05, 3.63) is 76.7 Å². The van der Waals surface area contributed by atoms with Crippen LogP contribution in [0.25, 0.3) is 22.5 Å². The summed E-state index contributed by atoms with van der Waals surface area (Å²) >= 11 is 12.9. The van der Waals surface area contributed by atoms with Gasteiger partial charge < -0.3 is 4.74 Å². The number of alkyl halides is 3. The van der Waals surface area contributed by atoms with E-state index in [9.17, 15) is 13.2 Å². The van der Waals surface area contributed by atoms with Gasteiger partial charge in [-0.2, -0.15) is 18.3 Å². The van der Waals surface area contributed by atoms with Gasteiger partial charge in [-0.15, -0.1) is 0 Å². The minimum Gasteiger partial charge on any atom is -0.437 e. The minimum absolute atomic E-state index is 0.0492. The Hall–Kier alpha value is -3.10. The van der Waals surface area contributed by atoms with Gasteiger partial charge in [0, 0.05) is 41.0 Å². The van der Waals surface area contributed by atoms with Crippen LogP contribution in [0.3, 0.4) is 0 Å². The van der Waals surface area contributed by atoms with Gasteiger partial charge in [-0.25, -0.2) is 9.97 Å². The maximum Gasteiger partial charge on any atom is 0.417 e. The van der Waals surface area contributed by atoms with Gasteiger partial charge in [0.2, 0.25) is 5.88 Å². The number of pyridine rings is 1. The van der Waals surface area contributed by atoms with Crippen molar-refractivity contribution >= 4 is 23.2 Å². The van der Waals surface area contributed by atoms with Gasteiger partial charge in [0.15, 0.2) is 11.6 Å². The highest BCUT2D eigenvalue weighted by Gasteiger charge is 2.31. The first kappa shape index (κ1) is 21.1. The summed E-state index contributed by atoms with van der Waals surface area (Å²) in [6.07, 6.45) is -2.25. The molecule has 0 saturated carbocycles. The Balaban J connectivity index is 1.82. The molecular formula is C21H13Cl2F3N4O. The SMILES string of the molecule is Cn1cnc(-c2cc(Cl)c(Oc3ccc(C(F)(F)F)cn3)c(-c3ccccc3Cl)c2)n1. The van der Waals surface area contributed by atoms with Gasteiger partial charge in [0.1, 0.15) is 6.33 Å². The fraction of sp³-hybridized carbons (Fsp3) is 0.0952. The van der Waals surface area contributed by atoms with E-state index >= 15 is 0 Å². The molecule has 2 aromatic heterocycles. The quantitative estimate of drug-likeness (QED) is 0.338. The second-order valence-corrected chi connectivity index (χ2v) is 7.36. The van der Waals surface area contributed by atoms with Gasteiger partial charge >= 0.3 is 6.18 Å². The van der Waals surface area contributed by atoms with Crippen LogP contribution in [-0.4, -0.2) is 19.7 Å². The summed E-state index contributed by atoms with van der Waals surface area (Å²) in [5, 5.41) is 4.92. The average molecular weight is 465 g/mol. The topological polar surface area (TPSA) is 52.8 Å². The zero-order valence-corrected chi connectivity index (χ0v) is 17.4. The fourth-order valence-corrected chi connectivity index (χ4v) is 3.39. The number of ether oxygens (including phenoxy) is 1. The van der Waals surface area contributed by atoms with Gasteiger partial charge in [-0.05, 0) is 24.3 Å². The standard InChI is InChI=1S/C21H13Cl2F3N4O/c1-30-11-28-20(29-30)12-8-15(14-4-2-3-5-16(14)22)19(17(23)9-12)31-18-7-6-13(10-27-18)21(24,25)26/h2-11H,1H3. The third-order valence-corrected chi connectivity index (χ3v) is 4.95. The molecule has 0 amide bonds. The molecule has 4 rings (SSSR count). The number of aryl methyl sites for hydroxylation is 1. The summed E-state index contributed by atoms with van der Waals surface area (Å²) in [7, 11) is 1.74. The monoisotopic (exact) mass is 464 g/mol. The highest BCUT2D eigenvalue weighted by Crippen LogP contribution is 2.44. The summed E-state index contributed by atoms with van der Waals surface area (Å²) < 4.78 is 45.8. The molecule has 10 heteroatoms. The maximum atomic E-state index is 12.8. The van der Waals surface area contributed by atoms with Crippen molar-refractivity contribution in [3.8, 4) is 34.1 Å². The molecule has 0 spiro atoms. The minimum atomic E-state index is -4.50. The van der Waals surface area contributed by atoms with Crippen LogP contribution < -0.4 is 4.74 Å². The Bertz CT molecular complexity index is 1240. The van der Waals surface area contributed by atoms with Crippen LogP contribution >= 0.6 is 23.2 Å². The van der Waals surface area contributed by atoms with Crippen molar-refractivity contribution in [2.24, 2.45) is 7.05 Å². The van der Waals surface area contributed by atoms with Crippen LogP contribution in [0.1, 0.15) is 5.56 Å². The Morgan fingerprint density at radius 1 is 0.935 bits per heavy atom. The van der Waals surface area contributed by atoms with Crippen molar-refractivity contribution < 1.29 is 17.9 Å². The zero-order valence-electron chi connectivity index (χ0n) is 15.9. The molecule has 0 radical (unpaired) electrons. The van der Waals surface area contributed by atoms with E-state index in [0.717, 1.165) is 12.1 Å². The Labute approximate surface area is 185 Å². The molecule has 0 aliphatic carbocycles. The van der Waals surface area contributed by atoms with E-state index in [2.05, 4.69) is 15.1 Å². The number of nitrogens with zero attached hydrogens (tertiary/aromatic N) is 4. The summed E-state index contributed by atoms with van der Waals surface area (Å²) in [5.41, 5.74) is 0.870. The first-order chi connectivity index (χ1) is 14.7. The zero-order chi connectivity index (χ0) is 22.2. The van der Waals surface area contributed by atoms with E-state index in [0.29, 0.717) is 33.7 Å². The van der Waals surface area contributed by atoms with E-state index < -0.39 is 11.7 Å². The summed E-state index contributed by atoms with van der Waals surface area (Å²) in [6.45, 7) is 0. The van der Waals surface area contributed by atoms with Gasteiger partial charge in [0.05, 0.1) is 10.6 Å². The number of aromatic nitrogens is 4. The lowest BCUT2D eigenvalue weighted by atomic mass is 10.0. The number of rotatable bonds is 4. The molecule has 31 heavy (non-hydrogen) atoms. The first-order valence-electron chi connectivity index (χ1n) is 8.88. The van der Waals surface area contributed by atoms with Gasteiger partial charge in [0.25, 0.3) is 0 Å². The second kappa shape index (κ2) is 8.20. The van der Waals surface area contributed by atoms with Crippen LogP contribution in [0.4, 0.5) is 13.2 Å². The lowest BCUT2D eigenvalue weighted by molar-refractivity contribution is -0.137. The third kappa shape index (κ3) is 4.50. The van der Waals surface area contributed by atoms with Crippen LogP contribution in [0, 0.1) is 0 Å². The highest BCUT2D eigenvalue weighted by molar-refractivity contribution is 6.35. The fourth-order valence-electron chi connectivity index (χ4n) is 2.89. The van der Waals surface area contributed by atoms with Crippen molar-refractivity contribution in [2.45, 2.75) is 6.18 Å². The van der Waals surface area contributed by atoms with Crippen molar-refractivity contribution in [1.29, 1.82) is 0 Å². The summed E-state index contributed by atoms with van der Waals surface area (Å²) in [6, 6.07) is 12.4. The molecule has 0 N–H and O–H groups in total. The molecule has 2 heterocycles. The molecule has 2 aromatic carbocycles. The number of hydrogen-bond acceptors (Lipinski definition) is 4. The van der Waals surface area contributed by atoms with E-state index in [1.165, 1.54) is 0 Å². The van der Waals surface area contributed by atoms with Crippen molar-refractivity contribution in [2.75, 3.05) is 0 Å². The van der Waals surface area contributed by atoms with Gasteiger partial charge in [-0.3, -0.25) is 4.68 Å². The lowest BCUT2D eigenvalue weighted by Crippen LogP contribution is -2.05. The van der Waals surface area contributed by atoms with Crippen LogP contribution in [-0.2, 0) is 13.2 Å². The Morgan fingerprint density at radius 3 is 2.32 bits per heavy atom. The lowest BCUT2D eigenvalue weighted by Gasteiger charge is -2.15. The molecule has 0 unspecified atom stereocenters. The third-order valence-electron chi connectivity index (χ3n) is 4.34. The normalized spacial score (nSPS) is 11.5. The second-order valence-electron chi connectivity index (χ2n) is 6.54. The molecule has 0 fully saturated rings. The maximum absolute atomic E-state index is 12.8. The molecule has 4 aromatic rings. The summed E-state index contributed by atoms with van der Waals surface area (Å²) in [4.78, 5) is 7.99. The summed E-state index contributed by atoms with van der Waals surface area (Å²) in [5.74, 6) is 0.588. The Kier molecular flexibility index (Phi) is 5.60. The largest absolute Gasteiger partial charge is 0.437 e. The van der Waals surface area contributed by atoms with Crippen LogP contribution in [0.2, 0.25) is 10.0 Å². The number of halogens is 5. The molecule has 0 aliphatic heterocycles. The van der Waals surface area contributed by atoms with E-state index in [4.69, 9.17) is 27.9 Å². The van der Waals surface area contributed by atoms with Crippen molar-refractivity contribution in [1.82, 2.24) is 19.7 Å². The van der Waals surface area contributed by atoms with Crippen molar-refractivity contribution in [3.63, 3.8) is 0 Å². The van der Waals surface area contributed by atoms with Gasteiger partial charge in [-0.1, -0.05) is 41.4 Å². The molecule has 0 aliphatic rings. The highest BCUT2D eigenvalue weighted by atomic mass is 35.5. The molecule has 0 saturated heterocycles.